The largest absolute Gasteiger partial charge is 0.497 e. The zero-order chi connectivity index (χ0) is 22.1. The van der Waals surface area contributed by atoms with Gasteiger partial charge in [0.15, 0.2) is 0 Å². The molecular formula is C22H23N5O3S2. The molecule has 1 aliphatic rings. The molecule has 0 spiro atoms. The lowest BCUT2D eigenvalue weighted by Crippen LogP contribution is -2.00. The third kappa shape index (κ3) is 4.12. The molecule has 1 aliphatic carbocycles. The van der Waals surface area contributed by atoms with Crippen molar-refractivity contribution in [3.63, 3.8) is 0 Å². The van der Waals surface area contributed by atoms with Crippen molar-refractivity contribution in [3.05, 3.63) is 34.5 Å². The van der Waals surface area contributed by atoms with Crippen LogP contribution >= 0.6 is 23.1 Å². The fourth-order valence-electron chi connectivity index (χ4n) is 3.91. The first-order chi connectivity index (χ1) is 15.6. The van der Waals surface area contributed by atoms with E-state index in [1.165, 1.54) is 41.5 Å². The number of hydrogen-bond acceptors (Lipinski definition) is 10. The van der Waals surface area contributed by atoms with Crippen molar-refractivity contribution in [2.75, 3.05) is 20.0 Å². The van der Waals surface area contributed by atoms with Gasteiger partial charge in [-0.2, -0.15) is 0 Å². The molecule has 0 amide bonds. The molecule has 1 aromatic carbocycles. The minimum absolute atomic E-state index is 0.391. The molecule has 3 heterocycles. The molecule has 0 saturated heterocycles. The summed E-state index contributed by atoms with van der Waals surface area (Å²) >= 11 is 3.14. The zero-order valence-corrected chi connectivity index (χ0v) is 19.5. The molecule has 0 radical (unpaired) electrons. The Balaban J connectivity index is 1.35. The first-order valence-corrected chi connectivity index (χ1v) is 12.2. The van der Waals surface area contributed by atoms with Crippen LogP contribution in [0.5, 0.6) is 11.5 Å². The van der Waals surface area contributed by atoms with Crippen LogP contribution in [0.15, 0.2) is 27.8 Å². The average molecular weight is 470 g/mol. The zero-order valence-electron chi connectivity index (χ0n) is 17.9. The van der Waals surface area contributed by atoms with Crippen LogP contribution < -0.4 is 15.2 Å². The summed E-state index contributed by atoms with van der Waals surface area (Å²) < 4.78 is 16.5. The average Bonchev–Trinajstić information content (AvgIpc) is 3.35. The number of aromatic nitrogens is 4. The van der Waals surface area contributed by atoms with E-state index in [9.17, 15) is 0 Å². The molecule has 0 atom stereocenters. The number of fused-ring (bicyclic) bond motifs is 3. The first-order valence-electron chi connectivity index (χ1n) is 10.4. The summed E-state index contributed by atoms with van der Waals surface area (Å²) in [5.74, 6) is 3.42. The number of nitrogens with zero attached hydrogens (tertiary/aromatic N) is 4. The topological polar surface area (TPSA) is 109 Å². The number of aryl methyl sites for hydroxylation is 2. The lowest BCUT2D eigenvalue weighted by atomic mass is 10.1. The molecule has 8 nitrogen and oxygen atoms in total. The molecule has 0 saturated carbocycles. The minimum atomic E-state index is 0.391. The number of rotatable bonds is 6. The summed E-state index contributed by atoms with van der Waals surface area (Å²) in [4.78, 5) is 11.7. The van der Waals surface area contributed by atoms with Crippen LogP contribution in [0.2, 0.25) is 0 Å². The molecule has 0 aliphatic heterocycles. The molecule has 10 heteroatoms. The SMILES string of the molecule is COc1cc(OC)cc(-c2nnc(SCc3nc(N)c4c5c(sc4n3)CCCCC5)o2)c1. The summed E-state index contributed by atoms with van der Waals surface area (Å²) in [5, 5.41) is 9.79. The van der Waals surface area contributed by atoms with Crippen LogP contribution in [0.3, 0.4) is 0 Å². The second kappa shape index (κ2) is 8.95. The van der Waals surface area contributed by atoms with Crippen molar-refractivity contribution < 1.29 is 13.9 Å². The predicted molar refractivity (Wildman–Crippen MR) is 125 cm³/mol. The molecule has 0 bridgehead atoms. The van der Waals surface area contributed by atoms with E-state index in [2.05, 4.69) is 15.2 Å². The number of methoxy groups -OCH3 is 2. The molecule has 32 heavy (non-hydrogen) atoms. The second-order valence-electron chi connectivity index (χ2n) is 7.53. The Labute approximate surface area is 193 Å². The quantitative estimate of drug-likeness (QED) is 0.311. The third-order valence-corrected chi connectivity index (χ3v) is 7.47. The van der Waals surface area contributed by atoms with Crippen LogP contribution in [0.4, 0.5) is 5.82 Å². The number of nitrogens with two attached hydrogens (primary N) is 1. The van der Waals surface area contributed by atoms with E-state index in [1.807, 2.05) is 12.1 Å². The van der Waals surface area contributed by atoms with E-state index in [0.717, 1.165) is 28.6 Å². The van der Waals surface area contributed by atoms with Crippen molar-refractivity contribution in [3.8, 4) is 23.0 Å². The number of thioether (sulfide) groups is 1. The highest BCUT2D eigenvalue weighted by molar-refractivity contribution is 7.98. The van der Waals surface area contributed by atoms with Gasteiger partial charge in [0.2, 0.25) is 5.89 Å². The fraction of sp³-hybridized carbons (Fsp3) is 0.364. The molecule has 3 aromatic heterocycles. The normalized spacial score (nSPS) is 13.7. The van der Waals surface area contributed by atoms with Gasteiger partial charge in [0, 0.05) is 16.5 Å². The van der Waals surface area contributed by atoms with Gasteiger partial charge < -0.3 is 19.6 Å². The Kier molecular flexibility index (Phi) is 5.88. The molecule has 0 fully saturated rings. The Morgan fingerprint density at radius 3 is 2.59 bits per heavy atom. The summed E-state index contributed by atoms with van der Waals surface area (Å²) in [6.45, 7) is 0. The van der Waals surface area contributed by atoms with Crippen molar-refractivity contribution in [2.45, 2.75) is 43.1 Å². The van der Waals surface area contributed by atoms with Crippen LogP contribution in [0.1, 0.15) is 35.5 Å². The molecule has 2 N–H and O–H groups in total. The summed E-state index contributed by atoms with van der Waals surface area (Å²) in [6, 6.07) is 5.43. The fourth-order valence-corrected chi connectivity index (χ4v) is 5.82. The summed E-state index contributed by atoms with van der Waals surface area (Å²) in [5.41, 5.74) is 8.43. The Bertz CT molecular complexity index is 1250. The van der Waals surface area contributed by atoms with Crippen molar-refractivity contribution in [1.29, 1.82) is 0 Å². The number of ether oxygens (including phenoxy) is 2. The van der Waals surface area contributed by atoms with Gasteiger partial charge in [0.05, 0.1) is 25.4 Å². The number of anilines is 1. The predicted octanol–water partition coefficient (Wildman–Crippen LogP) is 4.90. The molecular weight excluding hydrogens is 446 g/mol. The molecule has 5 rings (SSSR count). The number of thiophene rings is 1. The Morgan fingerprint density at radius 2 is 1.81 bits per heavy atom. The van der Waals surface area contributed by atoms with Crippen molar-refractivity contribution in [2.24, 2.45) is 0 Å². The molecule has 0 unspecified atom stereocenters. The van der Waals surface area contributed by atoms with Crippen molar-refractivity contribution in [1.82, 2.24) is 20.2 Å². The summed E-state index contributed by atoms with van der Waals surface area (Å²) in [6.07, 6.45) is 5.88. The van der Waals surface area contributed by atoms with Gasteiger partial charge in [0.1, 0.15) is 28.0 Å². The first kappa shape index (κ1) is 21.0. The van der Waals surface area contributed by atoms with Gasteiger partial charge in [-0.05, 0) is 43.4 Å². The van der Waals surface area contributed by atoms with Crippen LogP contribution in [0.25, 0.3) is 21.7 Å². The minimum Gasteiger partial charge on any atom is -0.497 e. The van der Waals surface area contributed by atoms with E-state index in [4.69, 9.17) is 24.6 Å². The molecule has 4 aromatic rings. The Morgan fingerprint density at radius 1 is 1.03 bits per heavy atom. The van der Waals surface area contributed by atoms with Crippen LogP contribution in [-0.4, -0.2) is 34.4 Å². The monoisotopic (exact) mass is 469 g/mol. The van der Waals surface area contributed by atoms with E-state index in [-0.39, 0.29) is 0 Å². The lowest BCUT2D eigenvalue weighted by molar-refractivity contribution is 0.394. The van der Waals surface area contributed by atoms with Gasteiger partial charge in [-0.15, -0.1) is 21.5 Å². The number of hydrogen-bond donors (Lipinski definition) is 1. The van der Waals surface area contributed by atoms with Gasteiger partial charge >= 0.3 is 0 Å². The van der Waals surface area contributed by atoms with Crippen molar-refractivity contribution >= 4 is 39.1 Å². The van der Waals surface area contributed by atoms with Crippen LogP contribution in [0, 0.1) is 0 Å². The van der Waals surface area contributed by atoms with Crippen LogP contribution in [-0.2, 0) is 18.6 Å². The summed E-state index contributed by atoms with van der Waals surface area (Å²) in [7, 11) is 3.20. The highest BCUT2D eigenvalue weighted by Crippen LogP contribution is 2.38. The smallest absolute Gasteiger partial charge is 0.277 e. The maximum Gasteiger partial charge on any atom is 0.277 e. The maximum absolute atomic E-state index is 6.35. The highest BCUT2D eigenvalue weighted by Gasteiger charge is 2.20. The van der Waals surface area contributed by atoms with E-state index < -0.39 is 0 Å². The van der Waals surface area contributed by atoms with Gasteiger partial charge in [-0.3, -0.25) is 0 Å². The standard InChI is InChI=1S/C22H23N5O3S2/c1-28-13-8-12(9-14(10-13)29-2)20-26-27-22(30-20)31-11-17-24-19(23)18-15-6-4-3-5-7-16(15)32-21(18)25-17/h8-10H,3-7,11H2,1-2H3,(H2,23,24,25). The lowest BCUT2D eigenvalue weighted by Gasteiger charge is -2.05. The van der Waals surface area contributed by atoms with Gasteiger partial charge in [-0.1, -0.05) is 18.2 Å². The third-order valence-electron chi connectivity index (χ3n) is 5.47. The van der Waals surface area contributed by atoms with E-state index in [0.29, 0.717) is 40.0 Å². The number of benzene rings is 1. The highest BCUT2D eigenvalue weighted by atomic mass is 32.2. The van der Waals surface area contributed by atoms with E-state index >= 15 is 0 Å². The number of nitrogen functional groups attached to an aromatic ring is 1. The second-order valence-corrected chi connectivity index (χ2v) is 9.54. The maximum atomic E-state index is 6.35. The van der Waals surface area contributed by atoms with Gasteiger partial charge in [-0.25, -0.2) is 9.97 Å². The molecule has 166 valence electrons. The Hall–Kier alpha value is -2.85. The van der Waals surface area contributed by atoms with E-state index in [1.54, 1.807) is 31.6 Å². The van der Waals surface area contributed by atoms with Gasteiger partial charge in [0.25, 0.3) is 5.22 Å².